The second-order valence-electron chi connectivity index (χ2n) is 3.19. The molecule has 1 aromatic carbocycles. The summed E-state index contributed by atoms with van der Waals surface area (Å²) >= 11 is 0. The number of hydrogen-bond acceptors (Lipinski definition) is 4. The van der Waals surface area contributed by atoms with Gasteiger partial charge in [0.15, 0.2) is 5.82 Å². The first kappa shape index (κ1) is 10.9. The lowest BCUT2D eigenvalue weighted by molar-refractivity contribution is 0.0692. The van der Waals surface area contributed by atoms with Gasteiger partial charge in [-0.05, 0) is 12.1 Å². The number of aromatic nitrogens is 1. The van der Waals surface area contributed by atoms with E-state index in [1.165, 1.54) is 24.5 Å². The molecule has 0 unspecified atom stereocenters. The molecule has 2 rings (SSSR count). The van der Waals surface area contributed by atoms with Gasteiger partial charge in [-0.15, -0.1) is 0 Å². The van der Waals surface area contributed by atoms with Crippen molar-refractivity contribution in [3.63, 3.8) is 0 Å². The second-order valence-corrected chi connectivity index (χ2v) is 3.19. The van der Waals surface area contributed by atoms with Gasteiger partial charge in [-0.2, -0.15) is 0 Å². The SMILES string of the molecule is O=C(O)c1ccccc1C(=O)Nc1ccon1. The highest BCUT2D eigenvalue weighted by atomic mass is 16.5. The molecule has 0 atom stereocenters. The fourth-order valence-corrected chi connectivity index (χ4v) is 1.33. The minimum atomic E-state index is -1.16. The first-order valence-electron chi connectivity index (χ1n) is 4.72. The first-order chi connectivity index (χ1) is 8.18. The number of nitrogens with one attached hydrogen (secondary N) is 1. The van der Waals surface area contributed by atoms with Gasteiger partial charge in [-0.1, -0.05) is 17.3 Å². The van der Waals surface area contributed by atoms with Crippen molar-refractivity contribution in [2.45, 2.75) is 0 Å². The number of benzene rings is 1. The number of aromatic carboxylic acids is 1. The molecular weight excluding hydrogens is 224 g/mol. The smallest absolute Gasteiger partial charge is 0.336 e. The van der Waals surface area contributed by atoms with Crippen LogP contribution in [-0.2, 0) is 0 Å². The number of carbonyl (C=O) groups is 2. The number of anilines is 1. The molecule has 0 spiro atoms. The summed E-state index contributed by atoms with van der Waals surface area (Å²) in [5.74, 6) is -1.47. The quantitative estimate of drug-likeness (QED) is 0.838. The Bertz CT molecular complexity index is 548. The Hall–Kier alpha value is -2.63. The van der Waals surface area contributed by atoms with E-state index in [4.69, 9.17) is 5.11 Å². The van der Waals surface area contributed by atoms with Crippen LogP contribution in [0.1, 0.15) is 20.7 Å². The van der Waals surface area contributed by atoms with Gasteiger partial charge in [-0.25, -0.2) is 4.79 Å². The summed E-state index contributed by atoms with van der Waals surface area (Å²) < 4.78 is 4.55. The maximum absolute atomic E-state index is 11.8. The van der Waals surface area contributed by atoms with Gasteiger partial charge in [0.05, 0.1) is 11.1 Å². The number of amides is 1. The van der Waals surface area contributed by atoms with Crippen LogP contribution in [0.15, 0.2) is 41.1 Å². The van der Waals surface area contributed by atoms with E-state index in [1.807, 2.05) is 0 Å². The van der Waals surface area contributed by atoms with E-state index in [-0.39, 0.29) is 16.9 Å². The Kier molecular flexibility index (Phi) is 2.87. The minimum absolute atomic E-state index is 0.0616. The van der Waals surface area contributed by atoms with Crippen LogP contribution in [0.2, 0.25) is 0 Å². The second kappa shape index (κ2) is 4.48. The molecule has 0 bridgehead atoms. The molecule has 0 radical (unpaired) electrons. The Morgan fingerprint density at radius 3 is 2.47 bits per heavy atom. The highest BCUT2D eigenvalue weighted by Crippen LogP contribution is 2.11. The van der Waals surface area contributed by atoms with Crippen LogP contribution < -0.4 is 5.32 Å². The van der Waals surface area contributed by atoms with Crippen molar-refractivity contribution in [1.82, 2.24) is 5.16 Å². The van der Waals surface area contributed by atoms with Crippen LogP contribution in [0, 0.1) is 0 Å². The van der Waals surface area contributed by atoms with E-state index >= 15 is 0 Å². The highest BCUT2D eigenvalue weighted by molar-refractivity contribution is 6.10. The molecule has 2 aromatic rings. The van der Waals surface area contributed by atoms with Crippen molar-refractivity contribution in [3.8, 4) is 0 Å². The molecule has 0 aliphatic carbocycles. The lowest BCUT2D eigenvalue weighted by atomic mass is 10.1. The van der Waals surface area contributed by atoms with Crippen LogP contribution in [-0.4, -0.2) is 22.1 Å². The summed E-state index contributed by atoms with van der Waals surface area (Å²) in [5, 5.41) is 14.9. The molecular formula is C11H8N2O4. The van der Waals surface area contributed by atoms with Gasteiger partial charge in [0, 0.05) is 6.07 Å². The first-order valence-corrected chi connectivity index (χ1v) is 4.72. The van der Waals surface area contributed by atoms with Crippen molar-refractivity contribution in [2.75, 3.05) is 5.32 Å². The molecule has 1 aromatic heterocycles. The van der Waals surface area contributed by atoms with Crippen molar-refractivity contribution in [3.05, 3.63) is 47.7 Å². The van der Waals surface area contributed by atoms with Crippen LogP contribution in [0.5, 0.6) is 0 Å². The van der Waals surface area contributed by atoms with Crippen molar-refractivity contribution < 1.29 is 19.2 Å². The topological polar surface area (TPSA) is 92.4 Å². The van der Waals surface area contributed by atoms with E-state index in [1.54, 1.807) is 12.1 Å². The predicted octanol–water partition coefficient (Wildman–Crippen LogP) is 1.63. The van der Waals surface area contributed by atoms with Crippen molar-refractivity contribution in [1.29, 1.82) is 0 Å². The number of rotatable bonds is 3. The molecule has 0 saturated carbocycles. The third-order valence-electron chi connectivity index (χ3n) is 2.08. The minimum Gasteiger partial charge on any atom is -0.478 e. The van der Waals surface area contributed by atoms with Gasteiger partial charge in [0.2, 0.25) is 0 Å². The molecule has 6 heteroatoms. The number of hydrogen-bond donors (Lipinski definition) is 2. The monoisotopic (exact) mass is 232 g/mol. The zero-order chi connectivity index (χ0) is 12.3. The highest BCUT2D eigenvalue weighted by Gasteiger charge is 2.16. The Morgan fingerprint density at radius 2 is 1.88 bits per heavy atom. The van der Waals surface area contributed by atoms with E-state index < -0.39 is 11.9 Å². The Morgan fingerprint density at radius 1 is 1.18 bits per heavy atom. The van der Waals surface area contributed by atoms with Gasteiger partial charge in [0.1, 0.15) is 6.26 Å². The van der Waals surface area contributed by atoms with Gasteiger partial charge in [0.25, 0.3) is 5.91 Å². The fraction of sp³-hybridized carbons (Fsp3) is 0. The number of carbonyl (C=O) groups excluding carboxylic acids is 1. The summed E-state index contributed by atoms with van der Waals surface area (Å²) in [4.78, 5) is 22.7. The van der Waals surface area contributed by atoms with E-state index in [0.717, 1.165) is 0 Å². The lowest BCUT2D eigenvalue weighted by Crippen LogP contribution is -2.16. The molecule has 0 aliphatic heterocycles. The number of nitrogens with zero attached hydrogens (tertiary/aromatic N) is 1. The normalized spacial score (nSPS) is 9.88. The third kappa shape index (κ3) is 2.31. The average molecular weight is 232 g/mol. The van der Waals surface area contributed by atoms with Crippen molar-refractivity contribution >= 4 is 17.7 Å². The van der Waals surface area contributed by atoms with E-state index in [0.29, 0.717) is 0 Å². The standard InChI is InChI=1S/C11H8N2O4/c14-10(12-9-5-6-17-13-9)7-3-1-2-4-8(7)11(15)16/h1-6H,(H,15,16)(H,12,13,14). The Balaban J connectivity index is 2.28. The van der Waals surface area contributed by atoms with Crippen molar-refractivity contribution in [2.24, 2.45) is 0 Å². The molecule has 17 heavy (non-hydrogen) atoms. The molecule has 0 saturated heterocycles. The molecule has 1 heterocycles. The van der Waals surface area contributed by atoms with E-state index in [2.05, 4.69) is 15.0 Å². The summed E-state index contributed by atoms with van der Waals surface area (Å²) in [6.45, 7) is 0. The van der Waals surface area contributed by atoms with Crippen LogP contribution in [0.4, 0.5) is 5.82 Å². The van der Waals surface area contributed by atoms with Gasteiger partial charge >= 0.3 is 5.97 Å². The zero-order valence-electron chi connectivity index (χ0n) is 8.58. The van der Waals surface area contributed by atoms with Crippen LogP contribution >= 0.6 is 0 Å². The molecule has 0 fully saturated rings. The van der Waals surface area contributed by atoms with Gasteiger partial charge in [-0.3, -0.25) is 4.79 Å². The summed E-state index contributed by atoms with van der Waals surface area (Å²) in [6, 6.07) is 7.39. The molecule has 0 aliphatic rings. The van der Waals surface area contributed by atoms with Crippen LogP contribution in [0.3, 0.4) is 0 Å². The summed E-state index contributed by atoms with van der Waals surface area (Å²) in [6.07, 6.45) is 1.30. The maximum Gasteiger partial charge on any atom is 0.336 e. The Labute approximate surface area is 95.9 Å². The zero-order valence-corrected chi connectivity index (χ0v) is 8.58. The average Bonchev–Trinajstić information content (AvgIpc) is 2.81. The lowest BCUT2D eigenvalue weighted by Gasteiger charge is -2.04. The van der Waals surface area contributed by atoms with Gasteiger partial charge < -0.3 is 14.9 Å². The summed E-state index contributed by atoms with van der Waals surface area (Å²) in [7, 11) is 0. The molecule has 1 amide bonds. The predicted molar refractivity (Wildman–Crippen MR) is 57.9 cm³/mol. The molecule has 86 valence electrons. The summed E-state index contributed by atoms with van der Waals surface area (Å²) in [5.41, 5.74) is 0.0106. The van der Waals surface area contributed by atoms with E-state index in [9.17, 15) is 9.59 Å². The molecule has 6 nitrogen and oxygen atoms in total. The molecule has 2 N–H and O–H groups in total. The maximum atomic E-state index is 11.8. The number of carboxylic acid groups (broad SMARTS) is 1. The number of carboxylic acids is 1. The largest absolute Gasteiger partial charge is 0.478 e. The third-order valence-corrected chi connectivity index (χ3v) is 2.08. The van der Waals surface area contributed by atoms with Crippen LogP contribution in [0.25, 0.3) is 0 Å². The fourth-order valence-electron chi connectivity index (χ4n) is 1.33.